The van der Waals surface area contributed by atoms with Gasteiger partial charge < -0.3 is 21.3 Å². The summed E-state index contributed by atoms with van der Waals surface area (Å²) in [4.78, 5) is 31.6. The highest BCUT2D eigenvalue weighted by atomic mass is 16.4. The summed E-state index contributed by atoms with van der Waals surface area (Å²) in [5.74, 6) is -2.38. The maximum Gasteiger partial charge on any atom is 0.303 e. The summed E-state index contributed by atoms with van der Waals surface area (Å²) in [6.07, 6.45) is 0.210. The maximum absolute atomic E-state index is 11.2. The van der Waals surface area contributed by atoms with Crippen molar-refractivity contribution in [2.75, 3.05) is 6.54 Å². The third kappa shape index (κ3) is 7.74. The van der Waals surface area contributed by atoms with Crippen LogP contribution in [-0.4, -0.2) is 40.6 Å². The van der Waals surface area contributed by atoms with E-state index in [1.165, 1.54) is 0 Å². The first-order chi connectivity index (χ1) is 7.43. The molecule has 0 saturated heterocycles. The second-order valence-electron chi connectivity index (χ2n) is 3.33. The predicted molar refractivity (Wildman–Crippen MR) is 54.7 cm³/mol. The van der Waals surface area contributed by atoms with Crippen LogP contribution in [0.1, 0.15) is 25.7 Å². The zero-order valence-corrected chi connectivity index (χ0v) is 8.81. The first kappa shape index (κ1) is 14.4. The molecule has 0 bridgehead atoms. The van der Waals surface area contributed by atoms with Crippen LogP contribution in [-0.2, 0) is 14.4 Å². The number of amides is 1. The van der Waals surface area contributed by atoms with Gasteiger partial charge in [0.1, 0.15) is 0 Å². The van der Waals surface area contributed by atoms with Gasteiger partial charge in [-0.1, -0.05) is 0 Å². The maximum atomic E-state index is 11.2. The molecular weight excluding hydrogens is 216 g/mol. The Morgan fingerprint density at radius 1 is 1.12 bits per heavy atom. The number of hydrogen-bond acceptors (Lipinski definition) is 4. The van der Waals surface area contributed by atoms with Gasteiger partial charge in [-0.15, -0.1) is 0 Å². The van der Waals surface area contributed by atoms with Gasteiger partial charge in [0.15, 0.2) is 0 Å². The largest absolute Gasteiger partial charge is 0.481 e. The zero-order chi connectivity index (χ0) is 12.6. The Kier molecular flexibility index (Phi) is 6.86. The third-order valence-electron chi connectivity index (χ3n) is 1.87. The molecule has 5 N–H and O–H groups in total. The summed E-state index contributed by atoms with van der Waals surface area (Å²) < 4.78 is 0. The molecule has 1 unspecified atom stereocenters. The van der Waals surface area contributed by atoms with Gasteiger partial charge in [0.2, 0.25) is 5.91 Å². The van der Waals surface area contributed by atoms with Crippen LogP contribution in [0.4, 0.5) is 0 Å². The number of carboxylic acids is 2. The normalized spacial score (nSPS) is 11.8. The van der Waals surface area contributed by atoms with Crippen molar-refractivity contribution in [2.24, 2.45) is 5.73 Å². The van der Waals surface area contributed by atoms with Crippen LogP contribution in [0, 0.1) is 0 Å². The van der Waals surface area contributed by atoms with E-state index in [1.54, 1.807) is 0 Å². The quantitative estimate of drug-likeness (QED) is 0.404. The van der Waals surface area contributed by atoms with Crippen LogP contribution in [0.5, 0.6) is 0 Å². The smallest absolute Gasteiger partial charge is 0.303 e. The topological polar surface area (TPSA) is 130 Å². The summed E-state index contributed by atoms with van der Waals surface area (Å²) in [6, 6.07) is -0.860. The number of carboxylic acid groups (broad SMARTS) is 2. The van der Waals surface area contributed by atoms with Gasteiger partial charge in [-0.2, -0.15) is 0 Å². The van der Waals surface area contributed by atoms with Crippen molar-refractivity contribution in [3.05, 3.63) is 0 Å². The van der Waals surface area contributed by atoms with Crippen LogP contribution in [0.2, 0.25) is 0 Å². The van der Waals surface area contributed by atoms with E-state index in [-0.39, 0.29) is 25.8 Å². The molecule has 0 aromatic carbocycles. The second kappa shape index (κ2) is 7.63. The molecule has 7 nitrogen and oxygen atoms in total. The Balaban J connectivity index is 3.62. The van der Waals surface area contributed by atoms with Crippen molar-refractivity contribution < 1.29 is 24.6 Å². The lowest BCUT2D eigenvalue weighted by Crippen LogP contribution is -2.41. The molecule has 0 spiro atoms. The minimum atomic E-state index is -1.01. The van der Waals surface area contributed by atoms with E-state index < -0.39 is 23.9 Å². The second-order valence-corrected chi connectivity index (χ2v) is 3.33. The SMILES string of the molecule is NC(CCC(=O)O)C(=O)NCCCC(=O)O. The van der Waals surface area contributed by atoms with Crippen molar-refractivity contribution >= 4 is 17.8 Å². The van der Waals surface area contributed by atoms with Crippen molar-refractivity contribution in [2.45, 2.75) is 31.7 Å². The number of hydrogen-bond donors (Lipinski definition) is 4. The predicted octanol–water partition coefficient (Wildman–Crippen LogP) is -0.840. The average Bonchev–Trinajstić information content (AvgIpc) is 2.20. The number of carbonyl (C=O) groups is 3. The highest BCUT2D eigenvalue weighted by Gasteiger charge is 2.14. The lowest BCUT2D eigenvalue weighted by atomic mass is 10.1. The molecule has 92 valence electrons. The first-order valence-electron chi connectivity index (χ1n) is 4.90. The molecule has 0 aliphatic heterocycles. The third-order valence-corrected chi connectivity index (χ3v) is 1.87. The van der Waals surface area contributed by atoms with Crippen LogP contribution in [0.25, 0.3) is 0 Å². The van der Waals surface area contributed by atoms with Crippen molar-refractivity contribution in [1.29, 1.82) is 0 Å². The molecule has 0 aliphatic rings. The Hall–Kier alpha value is -1.63. The van der Waals surface area contributed by atoms with Crippen LogP contribution >= 0.6 is 0 Å². The lowest BCUT2D eigenvalue weighted by Gasteiger charge is -2.10. The van der Waals surface area contributed by atoms with Crippen LogP contribution in [0.3, 0.4) is 0 Å². The molecule has 1 atom stereocenters. The van der Waals surface area contributed by atoms with Gasteiger partial charge in [0, 0.05) is 19.4 Å². The van der Waals surface area contributed by atoms with E-state index >= 15 is 0 Å². The first-order valence-corrected chi connectivity index (χ1v) is 4.90. The van der Waals surface area contributed by atoms with Crippen molar-refractivity contribution in [1.82, 2.24) is 5.32 Å². The van der Waals surface area contributed by atoms with Crippen LogP contribution < -0.4 is 11.1 Å². The van der Waals surface area contributed by atoms with E-state index in [2.05, 4.69) is 5.32 Å². The monoisotopic (exact) mass is 232 g/mol. The minimum Gasteiger partial charge on any atom is -0.481 e. The number of nitrogens with one attached hydrogen (secondary N) is 1. The molecule has 1 amide bonds. The molecule has 0 aromatic rings. The molecule has 0 fully saturated rings. The molecule has 0 saturated carbocycles. The Labute approximate surface area is 92.6 Å². The van der Waals surface area contributed by atoms with Gasteiger partial charge >= 0.3 is 11.9 Å². The molecule has 0 aliphatic carbocycles. The summed E-state index contributed by atoms with van der Waals surface area (Å²) in [5.41, 5.74) is 5.42. The number of rotatable bonds is 8. The fraction of sp³-hybridized carbons (Fsp3) is 0.667. The average molecular weight is 232 g/mol. The van der Waals surface area contributed by atoms with Crippen molar-refractivity contribution in [3.63, 3.8) is 0 Å². The van der Waals surface area contributed by atoms with Gasteiger partial charge in [-0.05, 0) is 12.8 Å². The number of nitrogens with two attached hydrogens (primary N) is 1. The summed E-state index contributed by atoms with van der Waals surface area (Å²) >= 11 is 0. The summed E-state index contributed by atoms with van der Waals surface area (Å²) in [6.45, 7) is 0.228. The fourth-order valence-electron chi connectivity index (χ4n) is 0.992. The molecule has 0 radical (unpaired) electrons. The van der Waals surface area contributed by atoms with Gasteiger partial charge in [-0.25, -0.2) is 0 Å². The summed E-state index contributed by atoms with van der Waals surface area (Å²) in [5, 5.41) is 19.1. The number of carbonyl (C=O) groups excluding carboxylic acids is 1. The highest BCUT2D eigenvalue weighted by Crippen LogP contribution is 1.95. The lowest BCUT2D eigenvalue weighted by molar-refractivity contribution is -0.138. The highest BCUT2D eigenvalue weighted by molar-refractivity contribution is 5.82. The van der Waals surface area contributed by atoms with E-state index in [0.717, 1.165) is 0 Å². The molecular formula is C9H16N2O5. The Morgan fingerprint density at radius 3 is 2.19 bits per heavy atom. The fourth-order valence-corrected chi connectivity index (χ4v) is 0.992. The minimum absolute atomic E-state index is 0.0232. The van der Waals surface area contributed by atoms with E-state index in [1.807, 2.05) is 0 Å². The van der Waals surface area contributed by atoms with E-state index in [4.69, 9.17) is 15.9 Å². The Bertz CT molecular complexity index is 267. The van der Waals surface area contributed by atoms with Gasteiger partial charge in [-0.3, -0.25) is 14.4 Å². The van der Waals surface area contributed by atoms with Gasteiger partial charge in [0.25, 0.3) is 0 Å². The standard InChI is InChI=1S/C9H16N2O5/c10-6(3-4-8(14)15)9(16)11-5-1-2-7(12)13/h6H,1-5,10H2,(H,11,16)(H,12,13)(H,14,15). The zero-order valence-electron chi connectivity index (χ0n) is 8.81. The molecule has 16 heavy (non-hydrogen) atoms. The molecule has 0 aromatic heterocycles. The van der Waals surface area contributed by atoms with Crippen molar-refractivity contribution in [3.8, 4) is 0 Å². The molecule has 7 heteroatoms. The van der Waals surface area contributed by atoms with E-state index in [9.17, 15) is 14.4 Å². The molecule has 0 rings (SSSR count). The van der Waals surface area contributed by atoms with E-state index in [0.29, 0.717) is 6.42 Å². The number of aliphatic carboxylic acids is 2. The Morgan fingerprint density at radius 2 is 1.69 bits per heavy atom. The molecule has 0 heterocycles. The van der Waals surface area contributed by atoms with Crippen LogP contribution in [0.15, 0.2) is 0 Å². The van der Waals surface area contributed by atoms with Gasteiger partial charge in [0.05, 0.1) is 6.04 Å². The summed E-state index contributed by atoms with van der Waals surface area (Å²) in [7, 11) is 0.